The van der Waals surface area contributed by atoms with Gasteiger partial charge in [0, 0.05) is 41.9 Å². The molecule has 132 valence electrons. The van der Waals surface area contributed by atoms with Crippen LogP contribution in [0.15, 0.2) is 29.0 Å². The normalized spacial score (nSPS) is 12.2. The molecule has 0 saturated carbocycles. The molecule has 0 saturated heterocycles. The van der Waals surface area contributed by atoms with Crippen molar-refractivity contribution in [3.63, 3.8) is 0 Å². The fourth-order valence-electron chi connectivity index (χ4n) is 3.21. The molecule has 5 N–H and O–H groups in total. The molecule has 0 atom stereocenters. The second-order valence-corrected chi connectivity index (χ2v) is 6.48. The lowest BCUT2D eigenvalue weighted by molar-refractivity contribution is 0.0576. The monoisotopic (exact) mass is 368 g/mol. The lowest BCUT2D eigenvalue weighted by Crippen LogP contribution is -2.49. The first-order valence-corrected chi connectivity index (χ1v) is 8.80. The van der Waals surface area contributed by atoms with Gasteiger partial charge in [0.25, 0.3) is 5.91 Å². The third kappa shape index (κ3) is 2.18. The molecule has 9 heteroatoms. The summed E-state index contributed by atoms with van der Waals surface area (Å²) in [6, 6.07) is 5.27. The lowest BCUT2D eigenvalue weighted by Gasteiger charge is -2.21. The zero-order valence-corrected chi connectivity index (χ0v) is 14.9. The van der Waals surface area contributed by atoms with Crippen LogP contribution in [0.25, 0.3) is 22.5 Å². The third-order valence-corrected chi connectivity index (χ3v) is 5.07. The molecule has 8 nitrogen and oxygen atoms in total. The van der Waals surface area contributed by atoms with Crippen molar-refractivity contribution < 1.29 is 9.59 Å². The van der Waals surface area contributed by atoms with E-state index in [0.29, 0.717) is 28.1 Å². The summed E-state index contributed by atoms with van der Waals surface area (Å²) in [7, 11) is 3.19. The number of aromatic amines is 1. The molecule has 1 aliphatic rings. The highest BCUT2D eigenvalue weighted by atomic mass is 32.1. The van der Waals surface area contributed by atoms with Crippen LogP contribution in [0, 0.1) is 0 Å². The first-order valence-electron chi connectivity index (χ1n) is 7.86. The summed E-state index contributed by atoms with van der Waals surface area (Å²) in [6.45, 7) is 0. The molecule has 3 aromatic rings. The first kappa shape index (κ1) is 16.5. The summed E-state index contributed by atoms with van der Waals surface area (Å²) in [5.74, 6) is -0.694. The van der Waals surface area contributed by atoms with E-state index in [1.165, 1.54) is 16.5 Å². The minimum atomic E-state index is -0.437. The fraction of sp³-hybridized carbons (Fsp3) is 0.118. The summed E-state index contributed by atoms with van der Waals surface area (Å²) in [4.78, 5) is 26.1. The molecular formula is C17H16N6O2S. The van der Waals surface area contributed by atoms with E-state index in [0.717, 1.165) is 5.56 Å². The van der Waals surface area contributed by atoms with Crippen molar-refractivity contribution in [3.8, 4) is 22.5 Å². The van der Waals surface area contributed by atoms with Gasteiger partial charge in [-0.1, -0.05) is 0 Å². The predicted octanol–water partition coefficient (Wildman–Crippen LogP) is 1.64. The van der Waals surface area contributed by atoms with Crippen LogP contribution in [0.3, 0.4) is 0 Å². The number of benzene rings is 1. The van der Waals surface area contributed by atoms with Crippen LogP contribution in [0.2, 0.25) is 0 Å². The zero-order valence-electron chi connectivity index (χ0n) is 14.1. The number of nitrogens with one attached hydrogen (secondary N) is 3. The average Bonchev–Trinajstić information content (AvgIpc) is 3.35. The molecule has 0 fully saturated rings. The van der Waals surface area contributed by atoms with Gasteiger partial charge in [0.15, 0.2) is 5.78 Å². The molecule has 2 aromatic heterocycles. The Bertz CT molecular complexity index is 1020. The third-order valence-electron chi connectivity index (χ3n) is 4.39. The maximum absolute atomic E-state index is 13.2. The maximum atomic E-state index is 13.2. The standard InChI is InChI=1S/C17H16N6O2S/c1-19-23(20-2)17(25)12-10(18)4-3-9-11(12)16(24)13-14(21-22-15(9)13)8-5-6-26-7-8/h3-7,19-20H,18H2,1-2H3,(H,21,22). The van der Waals surface area contributed by atoms with E-state index >= 15 is 0 Å². The number of fused-ring (bicyclic) bond motifs is 3. The molecule has 1 aliphatic carbocycles. The largest absolute Gasteiger partial charge is 0.398 e. The van der Waals surface area contributed by atoms with Crippen LogP contribution < -0.4 is 16.6 Å². The molecule has 1 amide bonds. The molecule has 2 heterocycles. The summed E-state index contributed by atoms with van der Waals surface area (Å²) < 4.78 is 0. The van der Waals surface area contributed by atoms with E-state index in [2.05, 4.69) is 21.0 Å². The van der Waals surface area contributed by atoms with Gasteiger partial charge in [-0.25, -0.2) is 16.0 Å². The molecule has 4 rings (SSSR count). The van der Waals surface area contributed by atoms with Crippen LogP contribution >= 0.6 is 11.3 Å². The minimum Gasteiger partial charge on any atom is -0.398 e. The number of H-pyrrole nitrogens is 1. The van der Waals surface area contributed by atoms with E-state index in [4.69, 9.17) is 5.73 Å². The van der Waals surface area contributed by atoms with E-state index in [1.54, 1.807) is 26.2 Å². The second kappa shape index (κ2) is 6.06. The fourth-order valence-corrected chi connectivity index (χ4v) is 3.85. The number of hydrogen-bond donors (Lipinski definition) is 4. The Kier molecular flexibility index (Phi) is 3.83. The van der Waals surface area contributed by atoms with Gasteiger partial charge in [0.05, 0.1) is 16.8 Å². The van der Waals surface area contributed by atoms with Gasteiger partial charge in [0.1, 0.15) is 5.69 Å². The summed E-state index contributed by atoms with van der Waals surface area (Å²) in [6.07, 6.45) is 0. The highest BCUT2D eigenvalue weighted by Crippen LogP contribution is 2.43. The summed E-state index contributed by atoms with van der Waals surface area (Å²) >= 11 is 1.53. The van der Waals surface area contributed by atoms with Crippen LogP contribution in [-0.2, 0) is 0 Å². The highest BCUT2D eigenvalue weighted by Gasteiger charge is 2.37. The number of amides is 1. The number of ketones is 1. The SMILES string of the molecule is CNN(NC)C(=O)c1c(N)ccc2c1C(=O)c1c(-c3ccsc3)n[nH]c1-2. The number of hydrazine groups is 2. The molecule has 0 unspecified atom stereocenters. The minimum absolute atomic E-state index is 0.164. The van der Waals surface area contributed by atoms with E-state index in [-0.39, 0.29) is 17.0 Å². The van der Waals surface area contributed by atoms with Crippen LogP contribution in [0.1, 0.15) is 26.3 Å². The van der Waals surface area contributed by atoms with E-state index < -0.39 is 5.91 Å². The van der Waals surface area contributed by atoms with Gasteiger partial charge in [0.2, 0.25) is 0 Å². The lowest BCUT2D eigenvalue weighted by atomic mass is 9.98. The average molecular weight is 368 g/mol. The van der Waals surface area contributed by atoms with Crippen molar-refractivity contribution in [2.75, 3.05) is 19.8 Å². The number of anilines is 1. The quantitative estimate of drug-likeness (QED) is 0.321. The van der Waals surface area contributed by atoms with Crippen molar-refractivity contribution in [1.29, 1.82) is 0 Å². The first-order chi connectivity index (χ1) is 12.6. The Morgan fingerprint density at radius 1 is 1.23 bits per heavy atom. The van der Waals surface area contributed by atoms with Gasteiger partial charge in [-0.2, -0.15) is 16.4 Å². The second-order valence-electron chi connectivity index (χ2n) is 5.70. The molecule has 26 heavy (non-hydrogen) atoms. The number of carbonyl (C=O) groups is 2. The topological polar surface area (TPSA) is 116 Å². The Morgan fingerprint density at radius 2 is 2.00 bits per heavy atom. The number of carbonyl (C=O) groups excluding carboxylic acids is 2. The Morgan fingerprint density at radius 3 is 2.65 bits per heavy atom. The number of nitrogens with two attached hydrogens (primary N) is 1. The molecule has 0 radical (unpaired) electrons. The van der Waals surface area contributed by atoms with Crippen molar-refractivity contribution in [2.24, 2.45) is 0 Å². The van der Waals surface area contributed by atoms with Gasteiger partial charge >= 0.3 is 0 Å². The Labute approximate surface area is 152 Å². The highest BCUT2D eigenvalue weighted by molar-refractivity contribution is 7.08. The number of hydrogen-bond acceptors (Lipinski definition) is 7. The van der Waals surface area contributed by atoms with Crippen LogP contribution in [-0.4, -0.2) is 41.1 Å². The maximum Gasteiger partial charge on any atom is 0.285 e. The molecule has 0 spiro atoms. The Hall–Kier alpha value is -3.01. The van der Waals surface area contributed by atoms with Crippen molar-refractivity contribution >= 4 is 28.7 Å². The van der Waals surface area contributed by atoms with Gasteiger partial charge in [-0.05, 0) is 23.6 Å². The number of aromatic nitrogens is 2. The summed E-state index contributed by atoms with van der Waals surface area (Å²) in [5.41, 5.74) is 15.4. The number of nitrogen functional groups attached to an aromatic ring is 1. The molecule has 1 aromatic carbocycles. The Balaban J connectivity index is 1.91. The van der Waals surface area contributed by atoms with Crippen LogP contribution in [0.5, 0.6) is 0 Å². The van der Waals surface area contributed by atoms with Gasteiger partial charge in [-0.15, -0.1) is 0 Å². The number of rotatable bonds is 4. The molecular weight excluding hydrogens is 352 g/mol. The van der Waals surface area contributed by atoms with Crippen molar-refractivity contribution in [3.05, 3.63) is 45.6 Å². The number of thiophene rings is 1. The van der Waals surface area contributed by atoms with Crippen LogP contribution in [0.4, 0.5) is 5.69 Å². The van der Waals surface area contributed by atoms with E-state index in [9.17, 15) is 9.59 Å². The van der Waals surface area contributed by atoms with Gasteiger partial charge in [-0.3, -0.25) is 14.7 Å². The smallest absolute Gasteiger partial charge is 0.285 e. The van der Waals surface area contributed by atoms with Crippen molar-refractivity contribution in [2.45, 2.75) is 0 Å². The molecule has 0 bridgehead atoms. The summed E-state index contributed by atoms with van der Waals surface area (Å²) in [5, 5.41) is 12.3. The molecule has 0 aliphatic heterocycles. The zero-order chi connectivity index (χ0) is 18.4. The number of nitrogens with zero attached hydrogens (tertiary/aromatic N) is 2. The van der Waals surface area contributed by atoms with E-state index in [1.807, 2.05) is 16.8 Å². The van der Waals surface area contributed by atoms with Gasteiger partial charge < -0.3 is 5.73 Å². The van der Waals surface area contributed by atoms with Crippen molar-refractivity contribution in [1.82, 2.24) is 26.2 Å². The predicted molar refractivity (Wildman–Crippen MR) is 99.5 cm³/mol.